The van der Waals surface area contributed by atoms with Crippen LogP contribution in [0.1, 0.15) is 0 Å². The number of hydrogen-bond donors (Lipinski definition) is 0. The molecule has 0 saturated heterocycles. The van der Waals surface area contributed by atoms with Gasteiger partial charge in [0.2, 0.25) is 0 Å². The third kappa shape index (κ3) is 2.17. The number of fused-ring (bicyclic) bond motifs is 1. The average molecular weight is 285 g/mol. The van der Waals surface area contributed by atoms with Crippen molar-refractivity contribution in [1.82, 2.24) is 15.0 Å². The van der Waals surface area contributed by atoms with Crippen molar-refractivity contribution in [2.75, 3.05) is 0 Å². The van der Waals surface area contributed by atoms with E-state index in [0.29, 0.717) is 0 Å². The van der Waals surface area contributed by atoms with Gasteiger partial charge in [0.25, 0.3) is 0 Å². The van der Waals surface area contributed by atoms with Crippen molar-refractivity contribution in [3.8, 4) is 22.5 Å². The summed E-state index contributed by atoms with van der Waals surface area (Å²) in [4.78, 5) is 1.63. The zero-order valence-corrected chi connectivity index (χ0v) is 12.3. The lowest BCUT2D eigenvalue weighted by Gasteiger charge is -2.03. The van der Waals surface area contributed by atoms with Crippen molar-refractivity contribution in [2.45, 2.75) is 0 Å². The van der Waals surface area contributed by atoms with E-state index in [9.17, 15) is 0 Å². The Morgan fingerprint density at radius 2 is 1.27 bits per heavy atom. The molecule has 0 saturated carbocycles. The summed E-state index contributed by atoms with van der Waals surface area (Å²) in [6, 6.07) is 25.0. The molecule has 0 spiro atoms. The fraction of sp³-hybridized carbons (Fsp3) is 0.0526. The van der Waals surface area contributed by atoms with Crippen LogP contribution in [0.5, 0.6) is 0 Å². The van der Waals surface area contributed by atoms with Gasteiger partial charge in [-0.25, -0.2) is 0 Å². The van der Waals surface area contributed by atoms with Gasteiger partial charge in [-0.05, 0) is 16.8 Å². The van der Waals surface area contributed by atoms with Gasteiger partial charge in [-0.2, -0.15) is 15.0 Å². The average Bonchev–Trinajstić information content (AvgIpc) is 2.97. The minimum atomic E-state index is 0.915. The summed E-state index contributed by atoms with van der Waals surface area (Å²) < 4.78 is 0. The van der Waals surface area contributed by atoms with E-state index < -0.39 is 0 Å². The monoisotopic (exact) mass is 285 g/mol. The molecule has 1 heterocycles. The third-order valence-corrected chi connectivity index (χ3v) is 3.78. The van der Waals surface area contributed by atoms with Gasteiger partial charge >= 0.3 is 0 Å². The van der Waals surface area contributed by atoms with E-state index in [2.05, 4.69) is 64.8 Å². The Kier molecular flexibility index (Phi) is 2.97. The predicted octanol–water partition coefficient (Wildman–Crippen LogP) is 4.30. The fourth-order valence-corrected chi connectivity index (χ4v) is 2.73. The van der Waals surface area contributed by atoms with Crippen LogP contribution in [-0.4, -0.2) is 15.0 Å². The lowest BCUT2D eigenvalue weighted by atomic mass is 10.0. The third-order valence-electron chi connectivity index (χ3n) is 3.78. The zero-order valence-electron chi connectivity index (χ0n) is 12.3. The first-order valence-corrected chi connectivity index (χ1v) is 7.27. The van der Waals surface area contributed by atoms with Crippen LogP contribution in [0.3, 0.4) is 0 Å². The minimum absolute atomic E-state index is 0.915. The van der Waals surface area contributed by atoms with E-state index >= 15 is 0 Å². The molecule has 0 N–H and O–H groups in total. The Balaban J connectivity index is 1.91. The fourth-order valence-electron chi connectivity index (χ4n) is 2.73. The van der Waals surface area contributed by atoms with Crippen molar-refractivity contribution in [3.63, 3.8) is 0 Å². The number of aryl methyl sites for hydroxylation is 1. The quantitative estimate of drug-likeness (QED) is 0.549. The van der Waals surface area contributed by atoms with Gasteiger partial charge in [-0.3, -0.25) is 0 Å². The van der Waals surface area contributed by atoms with Crippen molar-refractivity contribution in [1.29, 1.82) is 0 Å². The van der Waals surface area contributed by atoms with E-state index in [1.165, 1.54) is 10.8 Å². The van der Waals surface area contributed by atoms with Crippen LogP contribution < -0.4 is 0 Å². The Labute approximate surface area is 128 Å². The molecule has 4 rings (SSSR count). The highest BCUT2D eigenvalue weighted by molar-refractivity contribution is 5.89. The Bertz CT molecular complexity index is 939. The summed E-state index contributed by atoms with van der Waals surface area (Å²) in [5, 5.41) is 11.6. The first-order valence-electron chi connectivity index (χ1n) is 7.27. The van der Waals surface area contributed by atoms with Crippen molar-refractivity contribution >= 4 is 10.8 Å². The van der Waals surface area contributed by atoms with Gasteiger partial charge in [0, 0.05) is 18.2 Å². The molecule has 0 fully saturated rings. The molecule has 3 aromatic carbocycles. The van der Waals surface area contributed by atoms with Crippen LogP contribution in [-0.2, 0) is 7.05 Å². The maximum Gasteiger partial charge on any atom is 0.121 e. The predicted molar refractivity (Wildman–Crippen MR) is 89.4 cm³/mol. The standard InChI is InChI=1S/C19H15N3/c1-22-20-18(15-8-3-2-4-9-15)19(21-22)17-12-11-14-7-5-6-10-16(14)13-17/h2-13H,1H3. The van der Waals surface area contributed by atoms with Gasteiger partial charge in [0.15, 0.2) is 0 Å². The first kappa shape index (κ1) is 12.8. The van der Waals surface area contributed by atoms with E-state index in [-0.39, 0.29) is 0 Å². The lowest BCUT2D eigenvalue weighted by Crippen LogP contribution is -1.92. The SMILES string of the molecule is Cn1nc(-c2ccccc2)c(-c2ccc3ccccc3c2)n1. The zero-order chi connectivity index (χ0) is 14.9. The van der Waals surface area contributed by atoms with E-state index in [1.807, 2.05) is 25.2 Å². The number of rotatable bonds is 2. The van der Waals surface area contributed by atoms with Gasteiger partial charge < -0.3 is 0 Å². The first-order chi connectivity index (χ1) is 10.8. The van der Waals surface area contributed by atoms with Crippen LogP contribution in [0.15, 0.2) is 72.8 Å². The summed E-state index contributed by atoms with van der Waals surface area (Å²) in [6.45, 7) is 0. The van der Waals surface area contributed by atoms with Crippen molar-refractivity contribution in [3.05, 3.63) is 72.8 Å². The Hall–Kier alpha value is -2.94. The Morgan fingerprint density at radius 1 is 0.636 bits per heavy atom. The number of nitrogens with zero attached hydrogens (tertiary/aromatic N) is 3. The van der Waals surface area contributed by atoms with Crippen LogP contribution in [0.25, 0.3) is 33.3 Å². The van der Waals surface area contributed by atoms with Gasteiger partial charge in [-0.15, -0.1) is 0 Å². The van der Waals surface area contributed by atoms with E-state index in [1.54, 1.807) is 4.80 Å². The van der Waals surface area contributed by atoms with E-state index in [4.69, 9.17) is 0 Å². The summed E-state index contributed by atoms with van der Waals surface area (Å²) >= 11 is 0. The van der Waals surface area contributed by atoms with Gasteiger partial charge in [0.1, 0.15) is 11.4 Å². The van der Waals surface area contributed by atoms with Crippen LogP contribution in [0.2, 0.25) is 0 Å². The highest BCUT2D eigenvalue weighted by atomic mass is 15.5. The molecule has 0 unspecified atom stereocenters. The normalized spacial score (nSPS) is 11.0. The summed E-state index contributed by atoms with van der Waals surface area (Å²) in [5.74, 6) is 0. The second-order valence-electron chi connectivity index (χ2n) is 5.31. The number of aromatic nitrogens is 3. The summed E-state index contributed by atoms with van der Waals surface area (Å²) in [6.07, 6.45) is 0. The topological polar surface area (TPSA) is 30.7 Å². The molecular weight excluding hydrogens is 270 g/mol. The largest absolute Gasteiger partial charge is 0.187 e. The molecule has 22 heavy (non-hydrogen) atoms. The molecule has 3 nitrogen and oxygen atoms in total. The second kappa shape index (κ2) is 5.11. The van der Waals surface area contributed by atoms with Crippen molar-refractivity contribution < 1.29 is 0 Å². The minimum Gasteiger partial charge on any atom is -0.187 e. The van der Waals surface area contributed by atoms with Crippen LogP contribution in [0.4, 0.5) is 0 Å². The molecular formula is C19H15N3. The van der Waals surface area contributed by atoms with Crippen LogP contribution >= 0.6 is 0 Å². The maximum atomic E-state index is 4.57. The molecule has 0 aliphatic heterocycles. The molecule has 0 atom stereocenters. The maximum absolute atomic E-state index is 4.57. The number of benzene rings is 3. The highest BCUT2D eigenvalue weighted by Gasteiger charge is 2.14. The summed E-state index contributed by atoms with van der Waals surface area (Å²) in [5.41, 5.74) is 4.00. The molecule has 106 valence electrons. The number of hydrogen-bond acceptors (Lipinski definition) is 2. The Morgan fingerprint density at radius 3 is 2.05 bits per heavy atom. The highest BCUT2D eigenvalue weighted by Crippen LogP contribution is 2.30. The molecule has 1 aromatic heterocycles. The van der Waals surface area contributed by atoms with Gasteiger partial charge in [-0.1, -0.05) is 66.7 Å². The molecule has 0 aliphatic carbocycles. The van der Waals surface area contributed by atoms with Crippen molar-refractivity contribution in [2.24, 2.45) is 7.05 Å². The second-order valence-corrected chi connectivity index (χ2v) is 5.31. The molecule has 4 aromatic rings. The summed E-state index contributed by atoms with van der Waals surface area (Å²) in [7, 11) is 1.86. The molecule has 0 bridgehead atoms. The lowest BCUT2D eigenvalue weighted by molar-refractivity contribution is 0.657. The molecule has 0 aliphatic rings. The molecule has 0 amide bonds. The molecule has 3 heteroatoms. The van der Waals surface area contributed by atoms with Gasteiger partial charge in [0.05, 0.1) is 0 Å². The smallest absolute Gasteiger partial charge is 0.121 e. The molecule has 0 radical (unpaired) electrons. The van der Waals surface area contributed by atoms with Crippen LogP contribution in [0, 0.1) is 0 Å². The van der Waals surface area contributed by atoms with E-state index in [0.717, 1.165) is 22.5 Å².